The molecule has 0 fully saturated rings. The van der Waals surface area contributed by atoms with E-state index in [0.29, 0.717) is 5.95 Å². The third-order valence-electron chi connectivity index (χ3n) is 1.14. The van der Waals surface area contributed by atoms with Crippen LogP contribution in [0, 0.1) is 0 Å². The molecular formula is C8H9N3. The van der Waals surface area contributed by atoms with Crippen LogP contribution in [-0.2, 0) is 0 Å². The van der Waals surface area contributed by atoms with Gasteiger partial charge in [-0.1, -0.05) is 19.2 Å². The SMILES string of the molecule is C=CC=Nc1nccn1C=C. The summed E-state index contributed by atoms with van der Waals surface area (Å²) >= 11 is 0. The van der Waals surface area contributed by atoms with Gasteiger partial charge in [-0.2, -0.15) is 0 Å². The quantitative estimate of drug-likeness (QED) is 0.600. The molecule has 0 aliphatic carbocycles. The molecule has 3 heteroatoms. The smallest absolute Gasteiger partial charge is 0.233 e. The molecule has 0 saturated heterocycles. The highest BCUT2D eigenvalue weighted by atomic mass is 15.1. The van der Waals surface area contributed by atoms with Crippen LogP contribution in [0.3, 0.4) is 0 Å². The number of nitrogens with zero attached hydrogens (tertiary/aromatic N) is 3. The molecule has 0 aliphatic heterocycles. The van der Waals surface area contributed by atoms with E-state index < -0.39 is 0 Å². The van der Waals surface area contributed by atoms with E-state index in [1.807, 2.05) is 0 Å². The van der Waals surface area contributed by atoms with Crippen molar-refractivity contribution in [1.29, 1.82) is 0 Å². The predicted octanol–water partition coefficient (Wildman–Crippen LogP) is 1.87. The van der Waals surface area contributed by atoms with Gasteiger partial charge in [-0.3, -0.25) is 4.57 Å². The predicted molar refractivity (Wildman–Crippen MR) is 47.0 cm³/mol. The van der Waals surface area contributed by atoms with Crippen molar-refractivity contribution in [2.75, 3.05) is 0 Å². The number of allylic oxidation sites excluding steroid dienone is 1. The first kappa shape index (κ1) is 7.47. The summed E-state index contributed by atoms with van der Waals surface area (Å²) in [6.07, 6.45) is 8.27. The van der Waals surface area contributed by atoms with E-state index in [4.69, 9.17) is 0 Å². The Morgan fingerprint density at radius 2 is 2.36 bits per heavy atom. The Hall–Kier alpha value is -1.64. The first-order valence-corrected chi connectivity index (χ1v) is 3.19. The van der Waals surface area contributed by atoms with Crippen molar-refractivity contribution in [3.8, 4) is 0 Å². The summed E-state index contributed by atoms with van der Waals surface area (Å²) in [5.74, 6) is 0.611. The lowest BCUT2D eigenvalue weighted by Crippen LogP contribution is -1.80. The van der Waals surface area contributed by atoms with Gasteiger partial charge >= 0.3 is 0 Å². The fourth-order valence-electron chi connectivity index (χ4n) is 0.667. The fraction of sp³-hybridized carbons (Fsp3) is 0. The topological polar surface area (TPSA) is 30.2 Å². The number of hydrogen-bond acceptors (Lipinski definition) is 2. The minimum atomic E-state index is 0.611. The van der Waals surface area contributed by atoms with E-state index in [-0.39, 0.29) is 0 Å². The molecule has 0 spiro atoms. The van der Waals surface area contributed by atoms with E-state index >= 15 is 0 Å². The van der Waals surface area contributed by atoms with Gasteiger partial charge in [-0.25, -0.2) is 9.98 Å². The number of aromatic nitrogens is 2. The number of rotatable bonds is 3. The van der Waals surface area contributed by atoms with E-state index in [2.05, 4.69) is 23.1 Å². The molecule has 11 heavy (non-hydrogen) atoms. The average molecular weight is 147 g/mol. The molecule has 1 heterocycles. The van der Waals surface area contributed by atoms with Crippen LogP contribution in [0.25, 0.3) is 6.20 Å². The van der Waals surface area contributed by atoms with Crippen LogP contribution >= 0.6 is 0 Å². The summed E-state index contributed by atoms with van der Waals surface area (Å²) in [5, 5.41) is 0. The number of hydrogen-bond donors (Lipinski definition) is 0. The van der Waals surface area contributed by atoms with Crippen molar-refractivity contribution < 1.29 is 0 Å². The molecule has 0 saturated carbocycles. The van der Waals surface area contributed by atoms with Crippen molar-refractivity contribution in [3.63, 3.8) is 0 Å². The minimum absolute atomic E-state index is 0.611. The molecule has 0 radical (unpaired) electrons. The molecule has 56 valence electrons. The second-order valence-corrected chi connectivity index (χ2v) is 1.83. The van der Waals surface area contributed by atoms with Gasteiger partial charge < -0.3 is 0 Å². The second kappa shape index (κ2) is 3.51. The maximum Gasteiger partial charge on any atom is 0.233 e. The monoisotopic (exact) mass is 147 g/mol. The van der Waals surface area contributed by atoms with Gasteiger partial charge in [-0.05, 0) is 0 Å². The van der Waals surface area contributed by atoms with Crippen LogP contribution in [0.2, 0.25) is 0 Å². The highest BCUT2D eigenvalue weighted by Crippen LogP contribution is 2.06. The number of imidazole rings is 1. The third-order valence-corrected chi connectivity index (χ3v) is 1.14. The van der Waals surface area contributed by atoms with E-state index in [1.165, 1.54) is 0 Å². The maximum atomic E-state index is 3.99. The molecule has 1 aromatic rings. The summed E-state index contributed by atoms with van der Waals surface area (Å²) in [7, 11) is 0. The Balaban J connectivity index is 2.92. The molecular weight excluding hydrogens is 138 g/mol. The van der Waals surface area contributed by atoms with Crippen LogP contribution in [0.1, 0.15) is 0 Å². The van der Waals surface area contributed by atoms with Gasteiger partial charge in [-0.15, -0.1) is 0 Å². The fourth-order valence-corrected chi connectivity index (χ4v) is 0.667. The van der Waals surface area contributed by atoms with Gasteiger partial charge in [0.15, 0.2) is 0 Å². The maximum absolute atomic E-state index is 3.99. The molecule has 0 unspecified atom stereocenters. The summed E-state index contributed by atoms with van der Waals surface area (Å²) in [4.78, 5) is 7.96. The van der Waals surface area contributed by atoms with Crippen molar-refractivity contribution in [2.24, 2.45) is 4.99 Å². The average Bonchev–Trinajstić information content (AvgIpc) is 2.47. The molecule has 0 atom stereocenters. The molecule has 0 N–H and O–H groups in total. The third kappa shape index (κ3) is 1.64. The summed E-state index contributed by atoms with van der Waals surface area (Å²) < 4.78 is 1.72. The van der Waals surface area contributed by atoms with Crippen LogP contribution in [-0.4, -0.2) is 15.8 Å². The molecule has 0 amide bonds. The zero-order valence-corrected chi connectivity index (χ0v) is 6.14. The van der Waals surface area contributed by atoms with Crippen LogP contribution in [0.4, 0.5) is 5.95 Å². The molecule has 0 aromatic carbocycles. The van der Waals surface area contributed by atoms with E-state index in [0.717, 1.165) is 0 Å². The molecule has 1 rings (SSSR count). The Bertz CT molecular complexity index is 283. The Kier molecular flexibility index (Phi) is 2.38. The zero-order valence-electron chi connectivity index (χ0n) is 6.14. The van der Waals surface area contributed by atoms with E-state index in [1.54, 1.807) is 35.5 Å². The standard InChI is InChI=1S/C8H9N3/c1-3-5-9-8-10-6-7-11(8)4-2/h3-7H,1-2H2. The summed E-state index contributed by atoms with van der Waals surface area (Å²) in [6, 6.07) is 0. The first-order valence-electron chi connectivity index (χ1n) is 3.19. The van der Waals surface area contributed by atoms with Gasteiger partial charge in [0.05, 0.1) is 0 Å². The first-order chi connectivity index (χ1) is 5.38. The van der Waals surface area contributed by atoms with Crippen molar-refractivity contribution in [2.45, 2.75) is 0 Å². The van der Waals surface area contributed by atoms with Crippen LogP contribution in [0.5, 0.6) is 0 Å². The van der Waals surface area contributed by atoms with E-state index in [9.17, 15) is 0 Å². The zero-order chi connectivity index (χ0) is 8.10. The van der Waals surface area contributed by atoms with Crippen molar-refractivity contribution >= 4 is 18.4 Å². The summed E-state index contributed by atoms with van der Waals surface area (Å²) in [6.45, 7) is 7.10. The van der Waals surface area contributed by atoms with Gasteiger partial charge in [0.1, 0.15) is 0 Å². The largest absolute Gasteiger partial charge is 0.292 e. The highest BCUT2D eigenvalue weighted by Gasteiger charge is 1.92. The lowest BCUT2D eigenvalue weighted by molar-refractivity contribution is 1.12. The molecule has 0 aliphatic rings. The molecule has 0 bridgehead atoms. The minimum Gasteiger partial charge on any atom is -0.292 e. The van der Waals surface area contributed by atoms with Gasteiger partial charge in [0.2, 0.25) is 5.95 Å². The molecule has 1 aromatic heterocycles. The summed E-state index contributed by atoms with van der Waals surface area (Å²) in [5.41, 5.74) is 0. The Morgan fingerprint density at radius 3 is 3.00 bits per heavy atom. The lowest BCUT2D eigenvalue weighted by Gasteiger charge is -1.91. The number of aliphatic imine (C=N–C) groups is 1. The van der Waals surface area contributed by atoms with Crippen LogP contribution in [0.15, 0.2) is 36.6 Å². The highest BCUT2D eigenvalue weighted by molar-refractivity contribution is 5.72. The Labute approximate surface area is 65.4 Å². The van der Waals surface area contributed by atoms with Gasteiger partial charge in [0.25, 0.3) is 0 Å². The van der Waals surface area contributed by atoms with Crippen molar-refractivity contribution in [1.82, 2.24) is 9.55 Å². The van der Waals surface area contributed by atoms with Crippen molar-refractivity contribution in [3.05, 3.63) is 31.6 Å². The van der Waals surface area contributed by atoms with Gasteiger partial charge in [0, 0.05) is 24.8 Å². The molecule has 3 nitrogen and oxygen atoms in total. The normalized spacial score (nSPS) is 10.2. The van der Waals surface area contributed by atoms with Crippen LogP contribution < -0.4 is 0 Å². The Morgan fingerprint density at radius 1 is 1.55 bits per heavy atom. The lowest BCUT2D eigenvalue weighted by atomic mass is 10.7. The second-order valence-electron chi connectivity index (χ2n) is 1.83.